The quantitative estimate of drug-likeness (QED) is 0.725. The maximum absolute atomic E-state index is 10.5. The first-order valence-electron chi connectivity index (χ1n) is 7.87. The summed E-state index contributed by atoms with van der Waals surface area (Å²) in [5.41, 5.74) is 0.704. The Morgan fingerprint density at radius 1 is 1.21 bits per heavy atom. The number of aromatic nitrogens is 3. The summed E-state index contributed by atoms with van der Waals surface area (Å²) in [6, 6.07) is 9.14. The zero-order valence-electron chi connectivity index (χ0n) is 13.7. The molecule has 0 spiro atoms. The second kappa shape index (κ2) is 6.80. The maximum Gasteiger partial charge on any atom is 0.161 e. The molecule has 1 atom stereocenters. The van der Waals surface area contributed by atoms with Crippen LogP contribution in [-0.2, 0) is 12.0 Å². The average molecular weight is 324 g/mol. The first-order valence-corrected chi connectivity index (χ1v) is 7.87. The van der Waals surface area contributed by atoms with Crippen LogP contribution in [0.4, 0.5) is 5.82 Å². The highest BCUT2D eigenvalue weighted by Gasteiger charge is 2.26. The highest BCUT2D eigenvalue weighted by atomic mass is 16.4. The maximum atomic E-state index is 10.5. The van der Waals surface area contributed by atoms with Crippen molar-refractivity contribution >= 4 is 5.82 Å². The molecule has 3 aromatic heterocycles. The molecular weight excluding hydrogens is 304 g/mol. The Bertz CT molecular complexity index is 786. The van der Waals surface area contributed by atoms with Crippen molar-refractivity contribution in [2.45, 2.75) is 25.9 Å². The van der Waals surface area contributed by atoms with E-state index in [1.165, 1.54) is 0 Å². The molecule has 6 nitrogen and oxygen atoms in total. The minimum absolute atomic E-state index is 0.274. The van der Waals surface area contributed by atoms with Crippen LogP contribution in [-0.4, -0.2) is 26.6 Å². The number of anilines is 1. The lowest BCUT2D eigenvalue weighted by atomic mass is 10.0. The molecule has 0 aliphatic rings. The van der Waals surface area contributed by atoms with E-state index in [1.807, 2.05) is 25.1 Å². The molecule has 0 aliphatic carbocycles. The predicted octanol–water partition coefficient (Wildman–Crippen LogP) is 3.01. The number of hydrogen-bond acceptors (Lipinski definition) is 6. The van der Waals surface area contributed by atoms with Crippen LogP contribution in [0.15, 0.2) is 53.4 Å². The number of furan rings is 1. The van der Waals surface area contributed by atoms with Gasteiger partial charge in [0.25, 0.3) is 0 Å². The summed E-state index contributed by atoms with van der Waals surface area (Å²) in [5.74, 6) is 1.81. The molecule has 0 amide bonds. The average Bonchev–Trinajstić information content (AvgIpc) is 3.16. The van der Waals surface area contributed by atoms with E-state index >= 15 is 0 Å². The third-order valence-electron chi connectivity index (χ3n) is 3.75. The molecule has 3 heterocycles. The Morgan fingerprint density at radius 3 is 2.67 bits per heavy atom. The lowest BCUT2D eigenvalue weighted by Crippen LogP contribution is -2.30. The Hall–Kier alpha value is -2.73. The normalized spacial score (nSPS) is 13.5. The van der Waals surface area contributed by atoms with Gasteiger partial charge in [0.2, 0.25) is 0 Å². The number of nitrogens with one attached hydrogen (secondary N) is 1. The SMILES string of the molecule is CCc1cc(NCC(C)(O)c2ccco2)nc(-c2ccncc2)n1. The Balaban J connectivity index is 1.83. The fraction of sp³-hybridized carbons (Fsp3) is 0.278. The smallest absolute Gasteiger partial charge is 0.161 e. The van der Waals surface area contributed by atoms with Gasteiger partial charge in [0.05, 0.1) is 12.8 Å². The fourth-order valence-electron chi connectivity index (χ4n) is 2.33. The highest BCUT2D eigenvalue weighted by molar-refractivity contribution is 5.56. The van der Waals surface area contributed by atoms with Gasteiger partial charge >= 0.3 is 0 Å². The van der Waals surface area contributed by atoms with Gasteiger partial charge in [0.15, 0.2) is 5.82 Å². The minimum atomic E-state index is -1.13. The number of hydrogen-bond donors (Lipinski definition) is 2. The molecule has 124 valence electrons. The van der Waals surface area contributed by atoms with Crippen molar-refractivity contribution in [3.8, 4) is 11.4 Å². The van der Waals surface area contributed by atoms with E-state index in [-0.39, 0.29) is 6.54 Å². The van der Waals surface area contributed by atoms with Crippen LogP contribution < -0.4 is 5.32 Å². The number of pyridine rings is 1. The lowest BCUT2D eigenvalue weighted by molar-refractivity contribution is 0.0476. The van der Waals surface area contributed by atoms with Gasteiger partial charge in [0, 0.05) is 29.7 Å². The summed E-state index contributed by atoms with van der Waals surface area (Å²) in [4.78, 5) is 13.1. The third-order valence-corrected chi connectivity index (χ3v) is 3.75. The summed E-state index contributed by atoms with van der Waals surface area (Å²) in [7, 11) is 0. The van der Waals surface area contributed by atoms with Gasteiger partial charge in [-0.15, -0.1) is 0 Å². The van der Waals surface area contributed by atoms with E-state index in [1.54, 1.807) is 37.7 Å². The molecule has 0 saturated carbocycles. The molecule has 0 aromatic carbocycles. The first kappa shape index (κ1) is 16.1. The van der Waals surface area contributed by atoms with Crippen LogP contribution >= 0.6 is 0 Å². The van der Waals surface area contributed by atoms with E-state index in [2.05, 4.69) is 20.3 Å². The van der Waals surface area contributed by atoms with Crippen LogP contribution in [0, 0.1) is 0 Å². The lowest BCUT2D eigenvalue weighted by Gasteiger charge is -2.21. The molecule has 3 aromatic rings. The van der Waals surface area contributed by atoms with E-state index in [0.717, 1.165) is 17.7 Å². The molecule has 1 unspecified atom stereocenters. The molecule has 0 radical (unpaired) electrons. The molecule has 6 heteroatoms. The number of rotatable bonds is 6. The zero-order chi connectivity index (χ0) is 17.0. The second-order valence-electron chi connectivity index (χ2n) is 5.76. The Kier molecular flexibility index (Phi) is 4.57. The second-order valence-corrected chi connectivity index (χ2v) is 5.76. The van der Waals surface area contributed by atoms with Crippen LogP contribution in [0.2, 0.25) is 0 Å². The van der Waals surface area contributed by atoms with Crippen molar-refractivity contribution < 1.29 is 9.52 Å². The van der Waals surface area contributed by atoms with Gasteiger partial charge in [-0.2, -0.15) is 0 Å². The topological polar surface area (TPSA) is 84.1 Å². The van der Waals surface area contributed by atoms with Crippen LogP contribution in [0.3, 0.4) is 0 Å². The molecular formula is C18H20N4O2. The van der Waals surface area contributed by atoms with Crippen LogP contribution in [0.1, 0.15) is 25.3 Å². The summed E-state index contributed by atoms with van der Waals surface area (Å²) in [6.07, 6.45) is 5.77. The summed E-state index contributed by atoms with van der Waals surface area (Å²) < 4.78 is 5.29. The molecule has 3 rings (SSSR count). The van der Waals surface area contributed by atoms with Gasteiger partial charge in [-0.05, 0) is 37.6 Å². The Morgan fingerprint density at radius 2 is 2.00 bits per heavy atom. The Labute approximate surface area is 140 Å². The van der Waals surface area contributed by atoms with E-state index in [4.69, 9.17) is 4.42 Å². The van der Waals surface area contributed by atoms with Crippen LogP contribution in [0.5, 0.6) is 0 Å². The summed E-state index contributed by atoms with van der Waals surface area (Å²) in [6.45, 7) is 4.02. The predicted molar refractivity (Wildman–Crippen MR) is 91.4 cm³/mol. The minimum Gasteiger partial charge on any atom is -0.466 e. The monoisotopic (exact) mass is 324 g/mol. The van der Waals surface area contributed by atoms with Crippen molar-refractivity contribution in [3.05, 3.63) is 60.4 Å². The summed E-state index contributed by atoms with van der Waals surface area (Å²) >= 11 is 0. The van der Waals surface area contributed by atoms with Gasteiger partial charge in [-0.3, -0.25) is 4.98 Å². The van der Waals surface area contributed by atoms with E-state index in [9.17, 15) is 5.11 Å². The summed E-state index contributed by atoms with van der Waals surface area (Å²) in [5, 5.41) is 13.7. The van der Waals surface area contributed by atoms with Gasteiger partial charge < -0.3 is 14.8 Å². The molecule has 0 saturated heterocycles. The van der Waals surface area contributed by atoms with Crippen molar-refractivity contribution in [3.63, 3.8) is 0 Å². The van der Waals surface area contributed by atoms with E-state index < -0.39 is 5.60 Å². The van der Waals surface area contributed by atoms with Crippen molar-refractivity contribution in [2.75, 3.05) is 11.9 Å². The largest absolute Gasteiger partial charge is 0.466 e. The molecule has 0 bridgehead atoms. The third kappa shape index (κ3) is 3.60. The fourth-order valence-corrected chi connectivity index (χ4v) is 2.33. The molecule has 24 heavy (non-hydrogen) atoms. The number of aryl methyl sites for hydroxylation is 1. The van der Waals surface area contributed by atoms with Crippen molar-refractivity contribution in [1.82, 2.24) is 15.0 Å². The first-order chi connectivity index (χ1) is 11.6. The number of aliphatic hydroxyl groups is 1. The highest BCUT2D eigenvalue weighted by Crippen LogP contribution is 2.23. The van der Waals surface area contributed by atoms with Gasteiger partial charge in [-0.25, -0.2) is 9.97 Å². The zero-order valence-corrected chi connectivity index (χ0v) is 13.7. The standard InChI is InChI=1S/C18H20N4O2/c1-3-14-11-16(20-12-18(2,23)15-5-4-10-24-15)22-17(21-14)13-6-8-19-9-7-13/h4-11,23H,3,12H2,1-2H3,(H,20,21,22). The van der Waals surface area contributed by atoms with Crippen LogP contribution in [0.25, 0.3) is 11.4 Å². The number of nitrogens with zero attached hydrogens (tertiary/aromatic N) is 3. The molecule has 2 N–H and O–H groups in total. The van der Waals surface area contributed by atoms with Crippen molar-refractivity contribution in [2.24, 2.45) is 0 Å². The molecule has 0 fully saturated rings. The van der Waals surface area contributed by atoms with E-state index in [0.29, 0.717) is 17.4 Å². The van der Waals surface area contributed by atoms with Gasteiger partial charge in [0.1, 0.15) is 17.2 Å². The van der Waals surface area contributed by atoms with Gasteiger partial charge in [-0.1, -0.05) is 6.92 Å². The van der Waals surface area contributed by atoms with Crippen molar-refractivity contribution in [1.29, 1.82) is 0 Å². The molecule has 0 aliphatic heterocycles.